The molecular formula is C11H20O5. The highest BCUT2D eigenvalue weighted by Crippen LogP contribution is 2.22. The summed E-state index contributed by atoms with van der Waals surface area (Å²) in [5, 5.41) is 19.4. The topological polar surface area (TPSA) is 76.0 Å². The molecule has 2 N–H and O–H groups in total. The van der Waals surface area contributed by atoms with E-state index in [0.717, 1.165) is 0 Å². The molecule has 0 radical (unpaired) electrons. The molecule has 5 heteroatoms. The van der Waals surface area contributed by atoms with E-state index in [2.05, 4.69) is 0 Å². The van der Waals surface area contributed by atoms with Crippen LogP contribution < -0.4 is 0 Å². The van der Waals surface area contributed by atoms with Gasteiger partial charge in [-0.3, -0.25) is 4.79 Å². The van der Waals surface area contributed by atoms with Crippen molar-refractivity contribution in [3.8, 4) is 0 Å². The van der Waals surface area contributed by atoms with Crippen LogP contribution in [0.2, 0.25) is 0 Å². The lowest BCUT2D eigenvalue weighted by Gasteiger charge is -2.21. The number of hydrogen-bond donors (Lipinski definition) is 2. The number of hydrogen-bond acceptors (Lipinski definition) is 5. The van der Waals surface area contributed by atoms with Gasteiger partial charge in [0.2, 0.25) is 0 Å². The third-order valence-electron chi connectivity index (χ3n) is 2.72. The van der Waals surface area contributed by atoms with E-state index in [1.54, 1.807) is 13.8 Å². The molecule has 0 aliphatic carbocycles. The van der Waals surface area contributed by atoms with E-state index in [9.17, 15) is 15.0 Å². The molecule has 4 atom stereocenters. The van der Waals surface area contributed by atoms with E-state index in [1.807, 2.05) is 6.92 Å². The molecule has 4 unspecified atom stereocenters. The number of rotatable bonds is 4. The number of carbonyl (C=O) groups is 1. The first-order valence-corrected chi connectivity index (χ1v) is 5.57. The summed E-state index contributed by atoms with van der Waals surface area (Å²) >= 11 is 0. The first-order valence-electron chi connectivity index (χ1n) is 5.57. The van der Waals surface area contributed by atoms with Crippen LogP contribution in [0.15, 0.2) is 0 Å². The summed E-state index contributed by atoms with van der Waals surface area (Å²) in [6.07, 6.45) is -2.33. The lowest BCUT2D eigenvalue weighted by atomic mass is 10.0. The minimum Gasteiger partial charge on any atom is -0.463 e. The monoisotopic (exact) mass is 232 g/mol. The molecule has 1 aliphatic heterocycles. The fourth-order valence-corrected chi connectivity index (χ4v) is 1.55. The Morgan fingerprint density at radius 3 is 2.62 bits per heavy atom. The third-order valence-corrected chi connectivity index (χ3v) is 2.72. The van der Waals surface area contributed by atoms with Gasteiger partial charge >= 0.3 is 5.97 Å². The molecule has 0 saturated carbocycles. The SMILES string of the molecule is CC(C)C(=O)OCC(O)C1OCC(C)C1O. The zero-order chi connectivity index (χ0) is 12.3. The van der Waals surface area contributed by atoms with Gasteiger partial charge in [-0.15, -0.1) is 0 Å². The van der Waals surface area contributed by atoms with Gasteiger partial charge in [0.1, 0.15) is 18.8 Å². The fourth-order valence-electron chi connectivity index (χ4n) is 1.55. The summed E-state index contributed by atoms with van der Waals surface area (Å²) in [5.41, 5.74) is 0. The molecule has 1 saturated heterocycles. The Morgan fingerprint density at radius 2 is 2.19 bits per heavy atom. The van der Waals surface area contributed by atoms with Crippen LogP contribution in [0.4, 0.5) is 0 Å². The molecule has 5 nitrogen and oxygen atoms in total. The number of aliphatic hydroxyl groups is 2. The van der Waals surface area contributed by atoms with Crippen LogP contribution in [-0.2, 0) is 14.3 Å². The van der Waals surface area contributed by atoms with E-state index in [1.165, 1.54) is 0 Å². The van der Waals surface area contributed by atoms with Crippen molar-refractivity contribution in [2.75, 3.05) is 13.2 Å². The highest BCUT2D eigenvalue weighted by atomic mass is 16.6. The van der Waals surface area contributed by atoms with Gasteiger partial charge in [0, 0.05) is 5.92 Å². The minimum absolute atomic E-state index is 0.000417. The molecule has 0 aromatic rings. The van der Waals surface area contributed by atoms with Crippen molar-refractivity contribution in [1.82, 2.24) is 0 Å². The van der Waals surface area contributed by atoms with Crippen molar-refractivity contribution < 1.29 is 24.5 Å². The van der Waals surface area contributed by atoms with E-state index < -0.39 is 18.3 Å². The zero-order valence-corrected chi connectivity index (χ0v) is 9.92. The van der Waals surface area contributed by atoms with Gasteiger partial charge in [-0.25, -0.2) is 0 Å². The van der Waals surface area contributed by atoms with Crippen LogP contribution in [-0.4, -0.2) is 47.7 Å². The van der Waals surface area contributed by atoms with Gasteiger partial charge in [-0.05, 0) is 0 Å². The van der Waals surface area contributed by atoms with Gasteiger partial charge in [0.25, 0.3) is 0 Å². The first-order chi connectivity index (χ1) is 7.43. The van der Waals surface area contributed by atoms with Crippen molar-refractivity contribution in [3.05, 3.63) is 0 Å². The Hall–Kier alpha value is -0.650. The number of carbonyl (C=O) groups excluding carboxylic acids is 1. The molecule has 1 aliphatic rings. The molecule has 94 valence electrons. The lowest BCUT2D eigenvalue weighted by molar-refractivity contribution is -0.154. The van der Waals surface area contributed by atoms with E-state index in [-0.39, 0.29) is 24.4 Å². The van der Waals surface area contributed by atoms with Crippen molar-refractivity contribution in [3.63, 3.8) is 0 Å². The van der Waals surface area contributed by atoms with Gasteiger partial charge in [-0.2, -0.15) is 0 Å². The predicted molar refractivity (Wildman–Crippen MR) is 56.7 cm³/mol. The molecular weight excluding hydrogens is 212 g/mol. The van der Waals surface area contributed by atoms with E-state index in [0.29, 0.717) is 6.61 Å². The van der Waals surface area contributed by atoms with Crippen LogP contribution >= 0.6 is 0 Å². The smallest absolute Gasteiger partial charge is 0.308 e. The molecule has 0 aromatic heterocycles. The largest absolute Gasteiger partial charge is 0.463 e. The summed E-state index contributed by atoms with van der Waals surface area (Å²) in [4.78, 5) is 11.2. The lowest BCUT2D eigenvalue weighted by Crippen LogP contribution is -2.39. The summed E-state index contributed by atoms with van der Waals surface area (Å²) in [5.74, 6) is -0.583. The Kier molecular flexibility index (Phi) is 4.70. The summed E-state index contributed by atoms with van der Waals surface area (Å²) in [7, 11) is 0. The van der Waals surface area contributed by atoms with E-state index in [4.69, 9.17) is 9.47 Å². The normalized spacial score (nSPS) is 31.8. The van der Waals surface area contributed by atoms with Crippen molar-refractivity contribution in [1.29, 1.82) is 0 Å². The van der Waals surface area contributed by atoms with Crippen molar-refractivity contribution in [2.45, 2.75) is 39.1 Å². The fraction of sp³-hybridized carbons (Fsp3) is 0.909. The second-order valence-electron chi connectivity index (χ2n) is 4.62. The average Bonchev–Trinajstić information content (AvgIpc) is 2.55. The summed E-state index contributed by atoms with van der Waals surface area (Å²) in [6, 6.07) is 0. The highest BCUT2D eigenvalue weighted by molar-refractivity contribution is 5.71. The van der Waals surface area contributed by atoms with Crippen molar-refractivity contribution in [2.24, 2.45) is 11.8 Å². The van der Waals surface area contributed by atoms with Crippen LogP contribution in [0.3, 0.4) is 0 Å². The summed E-state index contributed by atoms with van der Waals surface area (Å²) in [6.45, 7) is 5.57. The molecule has 1 heterocycles. The number of esters is 1. The quantitative estimate of drug-likeness (QED) is 0.664. The molecule has 0 amide bonds. The summed E-state index contributed by atoms with van der Waals surface area (Å²) < 4.78 is 10.1. The van der Waals surface area contributed by atoms with Crippen molar-refractivity contribution >= 4 is 5.97 Å². The van der Waals surface area contributed by atoms with Gasteiger partial charge in [0.15, 0.2) is 0 Å². The van der Waals surface area contributed by atoms with Crippen LogP contribution in [0.1, 0.15) is 20.8 Å². The molecule has 0 bridgehead atoms. The molecule has 1 fully saturated rings. The molecule has 16 heavy (non-hydrogen) atoms. The van der Waals surface area contributed by atoms with Crippen LogP contribution in [0.25, 0.3) is 0 Å². The Balaban J connectivity index is 2.35. The molecule has 1 rings (SSSR count). The highest BCUT2D eigenvalue weighted by Gasteiger charge is 2.38. The molecule has 0 aromatic carbocycles. The standard InChI is InChI=1S/C11H20O5/c1-6(2)11(14)16-5-8(12)10-9(13)7(3)4-15-10/h6-10,12-13H,4-5H2,1-3H3. The van der Waals surface area contributed by atoms with Crippen LogP contribution in [0.5, 0.6) is 0 Å². The Labute approximate surface area is 95.4 Å². The Morgan fingerprint density at radius 1 is 1.56 bits per heavy atom. The first kappa shape index (κ1) is 13.4. The van der Waals surface area contributed by atoms with E-state index >= 15 is 0 Å². The predicted octanol–water partition coefficient (Wildman–Crippen LogP) is -0.0577. The van der Waals surface area contributed by atoms with Gasteiger partial charge in [0.05, 0.1) is 18.6 Å². The van der Waals surface area contributed by atoms with Gasteiger partial charge in [-0.1, -0.05) is 20.8 Å². The maximum Gasteiger partial charge on any atom is 0.308 e. The zero-order valence-electron chi connectivity index (χ0n) is 9.92. The maximum atomic E-state index is 11.2. The average molecular weight is 232 g/mol. The van der Waals surface area contributed by atoms with Gasteiger partial charge < -0.3 is 19.7 Å². The van der Waals surface area contributed by atoms with Crippen LogP contribution in [0, 0.1) is 11.8 Å². The number of aliphatic hydroxyl groups excluding tert-OH is 2. The second-order valence-corrected chi connectivity index (χ2v) is 4.62. The number of ether oxygens (including phenoxy) is 2. The third kappa shape index (κ3) is 3.17. The Bertz CT molecular complexity index is 241. The maximum absolute atomic E-state index is 11.2. The minimum atomic E-state index is -0.970. The second kappa shape index (κ2) is 5.61. The molecule has 0 spiro atoms.